The number of nitrogens with one attached hydrogen (secondary N) is 1. The Morgan fingerprint density at radius 1 is 1.09 bits per heavy atom. The van der Waals surface area contributed by atoms with Gasteiger partial charge in [-0.3, -0.25) is 10.1 Å². The molecule has 0 amide bonds. The van der Waals surface area contributed by atoms with Crippen molar-refractivity contribution >= 4 is 27.2 Å². The van der Waals surface area contributed by atoms with Gasteiger partial charge in [0.05, 0.1) is 9.82 Å². The van der Waals surface area contributed by atoms with Crippen LogP contribution in [0.1, 0.15) is 45.1 Å². The van der Waals surface area contributed by atoms with E-state index in [0.717, 1.165) is 30.5 Å². The number of hydrogen-bond donors (Lipinski definition) is 1. The molecule has 3 rings (SSSR count). The highest BCUT2D eigenvalue weighted by Gasteiger charge is 2.25. The van der Waals surface area contributed by atoms with Gasteiger partial charge in [-0.2, -0.15) is 4.31 Å². The summed E-state index contributed by atoms with van der Waals surface area (Å²) in [4.78, 5) is 17.8. The number of hydrogen-bond acceptors (Lipinski definition) is 7. The van der Waals surface area contributed by atoms with E-state index in [1.54, 1.807) is 20.0 Å². The molecule has 2 heterocycles. The Hall–Kier alpha value is -2.72. The molecule has 1 aromatic heterocycles. The quantitative estimate of drug-likeness (QED) is 0.444. The number of aromatic nitrogens is 1. The zero-order chi connectivity index (χ0) is 23.1. The first kappa shape index (κ1) is 23.9. The molecule has 0 aliphatic carbocycles. The van der Waals surface area contributed by atoms with Crippen molar-refractivity contribution in [1.29, 1.82) is 0 Å². The highest BCUT2D eigenvalue weighted by molar-refractivity contribution is 7.89. The average molecular weight is 462 g/mol. The van der Waals surface area contributed by atoms with E-state index in [-0.39, 0.29) is 16.3 Å². The summed E-state index contributed by atoms with van der Waals surface area (Å²) in [5.41, 5.74) is 0.884. The minimum absolute atomic E-state index is 0.0816. The Bertz CT molecular complexity index is 1020. The third-order valence-electron chi connectivity index (χ3n) is 5.73. The van der Waals surface area contributed by atoms with Crippen molar-refractivity contribution in [2.45, 2.75) is 51.0 Å². The lowest BCUT2D eigenvalue weighted by atomic mass is 10.2. The lowest BCUT2D eigenvalue weighted by molar-refractivity contribution is -0.384. The van der Waals surface area contributed by atoms with Crippen molar-refractivity contribution in [2.75, 3.05) is 36.4 Å². The van der Waals surface area contributed by atoms with Crippen molar-refractivity contribution < 1.29 is 13.3 Å². The van der Waals surface area contributed by atoms with E-state index in [0.29, 0.717) is 19.6 Å². The Labute approximate surface area is 189 Å². The molecule has 1 fully saturated rings. The summed E-state index contributed by atoms with van der Waals surface area (Å²) in [5, 5.41) is 14.7. The van der Waals surface area contributed by atoms with Crippen LogP contribution in [0.15, 0.2) is 41.4 Å². The molecule has 0 bridgehead atoms. The standard InChI is InChI=1S/C22H31N5O4S/c1-3-26(4-2)32(30,31)19-10-11-20(21(15-19)27(28)29)23-16-18-9-12-22(24-17-18)25-13-7-5-6-8-14-25/h9-12,15,17,23H,3-8,13-14,16H2,1-2H3. The molecule has 0 atom stereocenters. The zero-order valence-corrected chi connectivity index (χ0v) is 19.5. The maximum Gasteiger partial charge on any atom is 0.293 e. The Morgan fingerprint density at radius 2 is 1.78 bits per heavy atom. The normalized spacial score (nSPS) is 14.9. The number of anilines is 2. The maximum absolute atomic E-state index is 12.7. The topological polar surface area (TPSA) is 109 Å². The molecule has 1 aliphatic rings. The van der Waals surface area contributed by atoms with Gasteiger partial charge in [-0.15, -0.1) is 0 Å². The number of rotatable bonds is 9. The Morgan fingerprint density at radius 3 is 2.34 bits per heavy atom. The summed E-state index contributed by atoms with van der Waals surface area (Å²) in [6.45, 7) is 6.44. The van der Waals surface area contributed by atoms with Crippen LogP contribution in [0.25, 0.3) is 0 Å². The number of nitro benzene ring substituents is 1. The number of nitro groups is 1. The second-order valence-electron chi connectivity index (χ2n) is 7.80. The van der Waals surface area contributed by atoms with E-state index in [9.17, 15) is 18.5 Å². The summed E-state index contributed by atoms with van der Waals surface area (Å²) >= 11 is 0. The molecule has 1 N–H and O–H groups in total. The number of benzene rings is 1. The van der Waals surface area contributed by atoms with Crippen molar-refractivity contribution in [3.8, 4) is 0 Å². The summed E-state index contributed by atoms with van der Waals surface area (Å²) in [7, 11) is -3.77. The first-order valence-electron chi connectivity index (χ1n) is 11.1. The van der Waals surface area contributed by atoms with Crippen LogP contribution in [0.5, 0.6) is 0 Å². The Balaban J connectivity index is 1.74. The molecule has 0 unspecified atom stereocenters. The van der Waals surface area contributed by atoms with Crippen LogP contribution >= 0.6 is 0 Å². The van der Waals surface area contributed by atoms with Gasteiger partial charge < -0.3 is 10.2 Å². The van der Waals surface area contributed by atoms with E-state index < -0.39 is 14.9 Å². The van der Waals surface area contributed by atoms with Crippen LogP contribution in [-0.4, -0.2) is 48.8 Å². The maximum atomic E-state index is 12.7. The van der Waals surface area contributed by atoms with Crippen LogP contribution < -0.4 is 10.2 Å². The van der Waals surface area contributed by atoms with Gasteiger partial charge in [0.2, 0.25) is 10.0 Å². The molecule has 0 saturated carbocycles. The van der Waals surface area contributed by atoms with Gasteiger partial charge in [0.15, 0.2) is 0 Å². The minimum Gasteiger partial charge on any atom is -0.375 e. The van der Waals surface area contributed by atoms with Gasteiger partial charge in [0.25, 0.3) is 5.69 Å². The third kappa shape index (κ3) is 5.55. The molecular formula is C22H31N5O4S. The number of pyridine rings is 1. The molecule has 9 nitrogen and oxygen atoms in total. The van der Waals surface area contributed by atoms with Crippen molar-refractivity contribution in [3.05, 3.63) is 52.2 Å². The average Bonchev–Trinajstić information content (AvgIpc) is 3.08. The highest BCUT2D eigenvalue weighted by atomic mass is 32.2. The molecule has 1 aliphatic heterocycles. The largest absolute Gasteiger partial charge is 0.375 e. The first-order valence-corrected chi connectivity index (χ1v) is 12.5. The van der Waals surface area contributed by atoms with Crippen LogP contribution in [0, 0.1) is 10.1 Å². The lowest BCUT2D eigenvalue weighted by Crippen LogP contribution is -2.30. The van der Waals surface area contributed by atoms with E-state index >= 15 is 0 Å². The molecule has 1 aromatic carbocycles. The second-order valence-corrected chi connectivity index (χ2v) is 9.74. The van der Waals surface area contributed by atoms with E-state index in [1.165, 1.54) is 42.1 Å². The van der Waals surface area contributed by atoms with Gasteiger partial charge in [0.1, 0.15) is 11.5 Å². The molecular weight excluding hydrogens is 430 g/mol. The number of nitrogens with zero attached hydrogens (tertiary/aromatic N) is 4. The van der Waals surface area contributed by atoms with Gasteiger partial charge in [-0.25, -0.2) is 13.4 Å². The molecule has 32 heavy (non-hydrogen) atoms. The van der Waals surface area contributed by atoms with Gasteiger partial charge in [0, 0.05) is 45.0 Å². The van der Waals surface area contributed by atoms with E-state index in [4.69, 9.17) is 0 Å². The fourth-order valence-electron chi connectivity index (χ4n) is 3.89. The fourth-order valence-corrected chi connectivity index (χ4v) is 5.37. The summed E-state index contributed by atoms with van der Waals surface area (Å²) < 4.78 is 26.7. The fraction of sp³-hybridized carbons (Fsp3) is 0.500. The molecule has 2 aromatic rings. The summed E-state index contributed by atoms with van der Waals surface area (Å²) in [6, 6.07) is 7.93. The molecule has 174 valence electrons. The van der Waals surface area contributed by atoms with Crippen molar-refractivity contribution in [1.82, 2.24) is 9.29 Å². The predicted molar refractivity (Wildman–Crippen MR) is 125 cm³/mol. The van der Waals surface area contributed by atoms with Gasteiger partial charge in [-0.1, -0.05) is 32.8 Å². The summed E-state index contributed by atoms with van der Waals surface area (Å²) in [5.74, 6) is 0.951. The van der Waals surface area contributed by atoms with Crippen LogP contribution in [0.4, 0.5) is 17.2 Å². The molecule has 0 radical (unpaired) electrons. The van der Waals surface area contributed by atoms with Crippen molar-refractivity contribution in [3.63, 3.8) is 0 Å². The lowest BCUT2D eigenvalue weighted by Gasteiger charge is -2.21. The smallest absolute Gasteiger partial charge is 0.293 e. The Kier molecular flexibility index (Phi) is 8.03. The number of sulfonamides is 1. The molecule has 10 heteroatoms. The molecule has 1 saturated heterocycles. The summed E-state index contributed by atoms with van der Waals surface area (Å²) in [6.07, 6.45) is 6.64. The van der Waals surface area contributed by atoms with Gasteiger partial charge in [-0.05, 0) is 36.6 Å². The monoisotopic (exact) mass is 461 g/mol. The minimum atomic E-state index is -3.77. The predicted octanol–water partition coefficient (Wildman–Crippen LogP) is 4.01. The third-order valence-corrected chi connectivity index (χ3v) is 7.78. The van der Waals surface area contributed by atoms with Crippen LogP contribution in [-0.2, 0) is 16.6 Å². The van der Waals surface area contributed by atoms with E-state index in [2.05, 4.69) is 15.2 Å². The van der Waals surface area contributed by atoms with E-state index in [1.807, 2.05) is 12.1 Å². The SMILES string of the molecule is CCN(CC)S(=O)(=O)c1ccc(NCc2ccc(N3CCCCCC3)nc2)c([N+](=O)[O-])c1. The van der Waals surface area contributed by atoms with Crippen LogP contribution in [0.3, 0.4) is 0 Å². The van der Waals surface area contributed by atoms with Gasteiger partial charge >= 0.3 is 0 Å². The second kappa shape index (κ2) is 10.7. The molecule has 0 spiro atoms. The first-order chi connectivity index (χ1) is 15.4. The highest BCUT2D eigenvalue weighted by Crippen LogP contribution is 2.29. The zero-order valence-electron chi connectivity index (χ0n) is 18.7. The van der Waals surface area contributed by atoms with Crippen LogP contribution in [0.2, 0.25) is 0 Å². The van der Waals surface area contributed by atoms with Crippen molar-refractivity contribution in [2.24, 2.45) is 0 Å².